The number of hydrogen-bond acceptors (Lipinski definition) is 5. The van der Waals surface area contributed by atoms with Crippen molar-refractivity contribution in [2.24, 2.45) is 0 Å². The lowest BCUT2D eigenvalue weighted by molar-refractivity contribution is -0.140. The molecule has 7 heteroatoms. The SMILES string of the molecule is C=CC(F)C(C)(O)C(NCC=Cc1ccc(-c2cccc(OC)c2)cc1)C(=O)NO. The first-order valence-electron chi connectivity index (χ1n) is 9.40. The third-order valence-electron chi connectivity index (χ3n) is 4.79. The van der Waals surface area contributed by atoms with Crippen LogP contribution in [0.2, 0.25) is 0 Å². The highest BCUT2D eigenvalue weighted by Gasteiger charge is 2.42. The summed E-state index contributed by atoms with van der Waals surface area (Å²) in [7, 11) is 1.63. The van der Waals surface area contributed by atoms with E-state index in [1.807, 2.05) is 54.6 Å². The van der Waals surface area contributed by atoms with Crippen LogP contribution in [-0.4, -0.2) is 47.7 Å². The highest BCUT2D eigenvalue weighted by atomic mass is 19.1. The molecule has 0 bridgehead atoms. The smallest absolute Gasteiger partial charge is 0.263 e. The van der Waals surface area contributed by atoms with Crippen LogP contribution in [0.3, 0.4) is 0 Å². The number of methoxy groups -OCH3 is 1. The van der Waals surface area contributed by atoms with Crippen LogP contribution >= 0.6 is 0 Å². The van der Waals surface area contributed by atoms with Crippen molar-refractivity contribution in [2.75, 3.05) is 13.7 Å². The average molecular weight is 414 g/mol. The van der Waals surface area contributed by atoms with Crippen LogP contribution in [0.25, 0.3) is 17.2 Å². The Bertz CT molecular complexity index is 881. The highest BCUT2D eigenvalue weighted by Crippen LogP contribution is 2.24. The molecule has 3 atom stereocenters. The Labute approximate surface area is 175 Å². The fourth-order valence-corrected chi connectivity index (χ4v) is 3.00. The van der Waals surface area contributed by atoms with E-state index in [-0.39, 0.29) is 6.54 Å². The molecule has 0 aliphatic heterocycles. The third-order valence-corrected chi connectivity index (χ3v) is 4.79. The van der Waals surface area contributed by atoms with Gasteiger partial charge in [0.25, 0.3) is 5.91 Å². The molecule has 0 radical (unpaired) electrons. The molecule has 2 aromatic rings. The first-order valence-corrected chi connectivity index (χ1v) is 9.40. The van der Waals surface area contributed by atoms with Gasteiger partial charge in [0.1, 0.15) is 23.6 Å². The Morgan fingerprint density at radius 3 is 2.57 bits per heavy atom. The number of benzene rings is 2. The molecule has 2 aromatic carbocycles. The molecule has 0 fully saturated rings. The van der Waals surface area contributed by atoms with Gasteiger partial charge in [-0.15, -0.1) is 6.58 Å². The maximum atomic E-state index is 14.0. The first kappa shape index (κ1) is 23.3. The molecule has 1 amide bonds. The lowest BCUT2D eigenvalue weighted by Crippen LogP contribution is -2.60. The van der Waals surface area contributed by atoms with Crippen LogP contribution in [0.5, 0.6) is 5.75 Å². The predicted octanol–water partition coefficient (Wildman–Crippen LogP) is 3.11. The second-order valence-corrected chi connectivity index (χ2v) is 6.94. The Morgan fingerprint density at radius 2 is 1.97 bits per heavy atom. The molecule has 3 unspecified atom stereocenters. The quantitative estimate of drug-likeness (QED) is 0.272. The van der Waals surface area contributed by atoms with E-state index >= 15 is 0 Å². The van der Waals surface area contributed by atoms with Gasteiger partial charge in [0, 0.05) is 6.54 Å². The van der Waals surface area contributed by atoms with Crippen LogP contribution in [0.15, 0.2) is 67.3 Å². The minimum atomic E-state index is -2.08. The normalized spacial score (nSPS) is 15.2. The molecule has 6 nitrogen and oxygen atoms in total. The predicted molar refractivity (Wildman–Crippen MR) is 115 cm³/mol. The van der Waals surface area contributed by atoms with Crippen LogP contribution in [0.1, 0.15) is 12.5 Å². The van der Waals surface area contributed by atoms with E-state index < -0.39 is 23.7 Å². The topological polar surface area (TPSA) is 90.8 Å². The summed E-state index contributed by atoms with van der Waals surface area (Å²) >= 11 is 0. The molecule has 2 rings (SSSR count). The van der Waals surface area contributed by atoms with Crippen molar-refractivity contribution in [2.45, 2.75) is 24.7 Å². The maximum Gasteiger partial charge on any atom is 0.263 e. The van der Waals surface area contributed by atoms with Crippen molar-refractivity contribution < 1.29 is 24.2 Å². The lowest BCUT2D eigenvalue weighted by Gasteiger charge is -2.33. The van der Waals surface area contributed by atoms with Gasteiger partial charge in [-0.05, 0) is 35.7 Å². The summed E-state index contributed by atoms with van der Waals surface area (Å²) in [5.74, 6) is -0.160. The van der Waals surface area contributed by atoms with E-state index in [2.05, 4.69) is 11.9 Å². The van der Waals surface area contributed by atoms with Gasteiger partial charge in [-0.3, -0.25) is 15.3 Å². The summed E-state index contributed by atoms with van der Waals surface area (Å²) in [4.78, 5) is 11.8. The standard InChI is InChI=1S/C23H27FN2O4/c1-4-20(24)23(2,28)21(22(27)26-29)25-14-6-7-16-10-12-17(13-11-16)18-8-5-9-19(15-18)30-3/h4-13,15,20-21,25,28-29H,1,14H2,2-3H3,(H,26,27). The summed E-state index contributed by atoms with van der Waals surface area (Å²) in [6, 6.07) is 14.2. The molecule has 0 heterocycles. The molecule has 0 saturated carbocycles. The van der Waals surface area contributed by atoms with Gasteiger partial charge >= 0.3 is 0 Å². The Kier molecular flexibility index (Phi) is 8.29. The van der Waals surface area contributed by atoms with Crippen LogP contribution in [0, 0.1) is 0 Å². The Balaban J connectivity index is 2.03. The summed E-state index contributed by atoms with van der Waals surface area (Å²) in [5, 5.41) is 21.9. The molecule has 0 saturated heterocycles. The van der Waals surface area contributed by atoms with Gasteiger partial charge in [-0.25, -0.2) is 9.87 Å². The average Bonchev–Trinajstić information content (AvgIpc) is 2.78. The number of carbonyl (C=O) groups is 1. The van der Waals surface area contributed by atoms with Crippen molar-refractivity contribution >= 4 is 12.0 Å². The van der Waals surface area contributed by atoms with Crippen molar-refractivity contribution in [3.8, 4) is 16.9 Å². The minimum absolute atomic E-state index is 0.162. The van der Waals surface area contributed by atoms with Crippen LogP contribution < -0.4 is 15.5 Å². The highest BCUT2D eigenvalue weighted by molar-refractivity contribution is 5.82. The molecule has 30 heavy (non-hydrogen) atoms. The van der Waals surface area contributed by atoms with Crippen molar-refractivity contribution in [3.63, 3.8) is 0 Å². The van der Waals surface area contributed by atoms with E-state index in [4.69, 9.17) is 9.94 Å². The number of rotatable bonds is 10. The molecule has 0 aliphatic carbocycles. The van der Waals surface area contributed by atoms with E-state index in [1.165, 1.54) is 5.48 Å². The fourth-order valence-electron chi connectivity index (χ4n) is 3.00. The zero-order chi connectivity index (χ0) is 22.1. The molecule has 0 spiro atoms. The Morgan fingerprint density at radius 1 is 1.27 bits per heavy atom. The number of alkyl halides is 1. The van der Waals surface area contributed by atoms with Crippen molar-refractivity contribution in [1.29, 1.82) is 0 Å². The number of nitrogens with one attached hydrogen (secondary N) is 2. The summed E-state index contributed by atoms with van der Waals surface area (Å²) in [6.07, 6.45) is 2.60. The number of hydroxylamine groups is 1. The second kappa shape index (κ2) is 10.7. The van der Waals surface area contributed by atoms with Crippen LogP contribution in [0.4, 0.5) is 4.39 Å². The minimum Gasteiger partial charge on any atom is -0.497 e. The molecule has 0 aromatic heterocycles. The number of carbonyl (C=O) groups excluding carboxylic acids is 1. The first-order chi connectivity index (χ1) is 14.3. The van der Waals surface area contributed by atoms with E-state index in [1.54, 1.807) is 13.2 Å². The van der Waals surface area contributed by atoms with E-state index in [9.17, 15) is 14.3 Å². The van der Waals surface area contributed by atoms with Gasteiger partial charge in [-0.2, -0.15) is 0 Å². The van der Waals surface area contributed by atoms with Crippen molar-refractivity contribution in [3.05, 3.63) is 72.8 Å². The van der Waals surface area contributed by atoms with E-state index in [0.29, 0.717) is 0 Å². The van der Waals surface area contributed by atoms with Gasteiger partial charge in [-0.1, -0.05) is 54.6 Å². The van der Waals surface area contributed by atoms with Gasteiger partial charge in [0.15, 0.2) is 0 Å². The lowest BCUT2D eigenvalue weighted by atomic mass is 9.90. The number of halogens is 1. The van der Waals surface area contributed by atoms with E-state index in [0.717, 1.165) is 35.4 Å². The zero-order valence-electron chi connectivity index (χ0n) is 17.0. The maximum absolute atomic E-state index is 14.0. The molecular formula is C23H27FN2O4. The molecule has 4 N–H and O–H groups in total. The number of aliphatic hydroxyl groups is 1. The molecule has 160 valence electrons. The van der Waals surface area contributed by atoms with Gasteiger partial charge in [0.2, 0.25) is 0 Å². The monoisotopic (exact) mass is 414 g/mol. The summed E-state index contributed by atoms with van der Waals surface area (Å²) in [6.45, 7) is 4.61. The number of ether oxygens (including phenoxy) is 1. The zero-order valence-corrected chi connectivity index (χ0v) is 17.0. The number of hydrogen-bond donors (Lipinski definition) is 4. The van der Waals surface area contributed by atoms with Gasteiger partial charge in [0.05, 0.1) is 7.11 Å². The summed E-state index contributed by atoms with van der Waals surface area (Å²) in [5.41, 5.74) is 2.36. The molecular weight excluding hydrogens is 387 g/mol. The second-order valence-electron chi connectivity index (χ2n) is 6.94. The number of amides is 1. The third kappa shape index (κ3) is 5.76. The summed E-state index contributed by atoms with van der Waals surface area (Å²) < 4.78 is 19.2. The van der Waals surface area contributed by atoms with Crippen molar-refractivity contribution in [1.82, 2.24) is 10.8 Å². The largest absolute Gasteiger partial charge is 0.497 e. The van der Waals surface area contributed by atoms with Crippen LogP contribution in [-0.2, 0) is 4.79 Å². The Hall–Kier alpha value is -3.00. The molecule has 0 aliphatic rings. The van der Waals surface area contributed by atoms with Gasteiger partial charge < -0.3 is 9.84 Å². The fraction of sp³-hybridized carbons (Fsp3) is 0.261.